The van der Waals surface area contributed by atoms with Crippen molar-refractivity contribution < 1.29 is 33.3 Å². The van der Waals surface area contributed by atoms with Crippen LogP contribution in [0.1, 0.15) is 57.8 Å². The summed E-state index contributed by atoms with van der Waals surface area (Å²) < 4.78 is 23.6. The van der Waals surface area contributed by atoms with Gasteiger partial charge in [0.2, 0.25) is 5.91 Å². The van der Waals surface area contributed by atoms with Gasteiger partial charge in [0.25, 0.3) is 5.91 Å². The van der Waals surface area contributed by atoms with Gasteiger partial charge in [0, 0.05) is 50.2 Å². The molecule has 4 rings (SSSR count). The second-order valence-electron chi connectivity index (χ2n) is 11.3. The summed E-state index contributed by atoms with van der Waals surface area (Å²) in [5.41, 5.74) is 0.369. The highest BCUT2D eigenvalue weighted by Gasteiger charge is 2.26. The fourth-order valence-electron chi connectivity index (χ4n) is 4.12. The molecule has 0 bridgehead atoms. The number of carbonyl (C=O) groups is 3. The van der Waals surface area contributed by atoms with Gasteiger partial charge in [-0.05, 0) is 82.9 Å². The van der Waals surface area contributed by atoms with Gasteiger partial charge in [-0.15, -0.1) is 5.10 Å². The molecule has 1 N–H and O–H groups in total. The summed E-state index contributed by atoms with van der Waals surface area (Å²) in [6.45, 7) is 9.74. The summed E-state index contributed by atoms with van der Waals surface area (Å²) in [6.07, 6.45) is 2.76. The molecule has 11 heteroatoms. The minimum atomic E-state index is -0.688. The second-order valence-corrected chi connectivity index (χ2v) is 11.3. The standard InChI is InChI=1S/C31H38N4O7/c1-20(19-39-6)40-26-15-23(29(37)32-28-13-14-35(33-28)30(38)42-31(3,4)5)16-27(17-26)41-25-11-9-24(10-12-25)34(21(2)36)18-22-7-8-22/h9-17,20,22H,7-8,18-19H2,1-6H3,(H,32,33,37)/t20-/m0/s1. The van der Waals surface area contributed by atoms with Gasteiger partial charge in [-0.2, -0.15) is 4.68 Å². The molecule has 0 aliphatic heterocycles. The summed E-state index contributed by atoms with van der Waals surface area (Å²) in [6, 6.07) is 13.6. The summed E-state index contributed by atoms with van der Waals surface area (Å²) >= 11 is 0. The lowest BCUT2D eigenvalue weighted by atomic mass is 10.2. The van der Waals surface area contributed by atoms with Crippen LogP contribution in [0, 0.1) is 5.92 Å². The first-order valence-corrected chi connectivity index (χ1v) is 13.9. The van der Waals surface area contributed by atoms with Crippen molar-refractivity contribution >= 4 is 29.4 Å². The fourth-order valence-corrected chi connectivity index (χ4v) is 4.12. The minimum Gasteiger partial charge on any atom is -0.488 e. The van der Waals surface area contributed by atoms with E-state index in [0.29, 0.717) is 36.3 Å². The molecule has 3 aromatic rings. The molecule has 0 saturated heterocycles. The maximum Gasteiger partial charge on any atom is 0.435 e. The predicted octanol–water partition coefficient (Wildman–Crippen LogP) is 5.89. The van der Waals surface area contributed by atoms with Gasteiger partial charge in [-0.25, -0.2) is 4.79 Å². The SMILES string of the molecule is COC[C@H](C)Oc1cc(Oc2ccc(N(CC3CC3)C(C)=O)cc2)cc(C(=O)Nc2ccn(C(=O)OC(C)(C)C)n2)c1. The molecule has 1 saturated carbocycles. The zero-order valence-electron chi connectivity index (χ0n) is 24.9. The summed E-state index contributed by atoms with van der Waals surface area (Å²) in [5, 5.41) is 6.80. The van der Waals surface area contributed by atoms with Gasteiger partial charge in [-0.3, -0.25) is 9.59 Å². The number of nitrogens with one attached hydrogen (secondary N) is 1. The number of nitrogens with zero attached hydrogens (tertiary/aromatic N) is 3. The molecule has 2 amide bonds. The maximum atomic E-state index is 13.2. The highest BCUT2D eigenvalue weighted by molar-refractivity contribution is 6.04. The van der Waals surface area contributed by atoms with E-state index < -0.39 is 17.6 Å². The van der Waals surface area contributed by atoms with Crippen molar-refractivity contribution in [3.05, 3.63) is 60.3 Å². The van der Waals surface area contributed by atoms with E-state index in [2.05, 4.69) is 10.4 Å². The van der Waals surface area contributed by atoms with Crippen molar-refractivity contribution in [2.75, 3.05) is 30.5 Å². The fraction of sp³-hybridized carbons (Fsp3) is 0.419. The van der Waals surface area contributed by atoms with Crippen molar-refractivity contribution in [2.24, 2.45) is 5.92 Å². The number of amides is 2. The first kappa shape index (κ1) is 30.6. The molecule has 224 valence electrons. The number of rotatable bonds is 11. The summed E-state index contributed by atoms with van der Waals surface area (Å²) in [4.78, 5) is 39.5. The first-order valence-electron chi connectivity index (χ1n) is 13.9. The van der Waals surface area contributed by atoms with E-state index in [-0.39, 0.29) is 23.4 Å². The van der Waals surface area contributed by atoms with E-state index >= 15 is 0 Å². The molecule has 1 aliphatic rings. The predicted molar refractivity (Wildman–Crippen MR) is 157 cm³/mol. The molecule has 1 aromatic heterocycles. The van der Waals surface area contributed by atoms with Gasteiger partial charge >= 0.3 is 6.09 Å². The monoisotopic (exact) mass is 578 g/mol. The highest BCUT2D eigenvalue weighted by Crippen LogP contribution is 2.33. The average molecular weight is 579 g/mol. The number of hydrogen-bond acceptors (Lipinski definition) is 8. The van der Waals surface area contributed by atoms with Gasteiger partial charge in [-0.1, -0.05) is 0 Å². The van der Waals surface area contributed by atoms with Gasteiger partial charge in [0.1, 0.15) is 29.0 Å². The number of anilines is 2. The van der Waals surface area contributed by atoms with Crippen LogP contribution in [0.4, 0.5) is 16.3 Å². The third-order valence-electron chi connectivity index (χ3n) is 6.19. The summed E-state index contributed by atoms with van der Waals surface area (Å²) in [5.74, 6) is 1.55. The van der Waals surface area contributed by atoms with Crippen LogP contribution in [0.3, 0.4) is 0 Å². The van der Waals surface area contributed by atoms with Gasteiger partial charge in [0.15, 0.2) is 5.82 Å². The van der Waals surface area contributed by atoms with Gasteiger partial charge in [0.05, 0.1) is 6.61 Å². The second kappa shape index (κ2) is 13.1. The Morgan fingerprint density at radius 1 is 1.05 bits per heavy atom. The molecule has 11 nitrogen and oxygen atoms in total. The lowest BCUT2D eigenvalue weighted by Gasteiger charge is -2.21. The first-order chi connectivity index (χ1) is 19.9. The molecule has 0 radical (unpaired) electrons. The molecule has 0 spiro atoms. The number of hydrogen-bond donors (Lipinski definition) is 1. The third kappa shape index (κ3) is 8.81. The zero-order chi connectivity index (χ0) is 30.4. The van der Waals surface area contributed by atoms with Crippen molar-refractivity contribution in [2.45, 2.75) is 59.2 Å². The van der Waals surface area contributed by atoms with E-state index in [1.54, 1.807) is 70.0 Å². The Hall–Kier alpha value is -4.38. The van der Waals surface area contributed by atoms with Crippen LogP contribution in [-0.4, -0.2) is 59.7 Å². The van der Waals surface area contributed by atoms with Crippen LogP contribution in [-0.2, 0) is 14.3 Å². The molecule has 2 aromatic carbocycles. The zero-order valence-corrected chi connectivity index (χ0v) is 24.9. The maximum absolute atomic E-state index is 13.2. The normalized spacial score (nSPS) is 13.7. The van der Waals surface area contributed by atoms with Crippen LogP contribution in [0.25, 0.3) is 0 Å². The quantitative estimate of drug-likeness (QED) is 0.299. The van der Waals surface area contributed by atoms with E-state index in [4.69, 9.17) is 18.9 Å². The Labute approximate surface area is 245 Å². The molecular formula is C31H38N4O7. The molecule has 1 aliphatic carbocycles. The number of aromatic nitrogens is 2. The number of methoxy groups -OCH3 is 1. The molecule has 42 heavy (non-hydrogen) atoms. The van der Waals surface area contributed by atoms with Crippen molar-refractivity contribution in [3.63, 3.8) is 0 Å². The van der Waals surface area contributed by atoms with Crippen LogP contribution in [0.15, 0.2) is 54.7 Å². The summed E-state index contributed by atoms with van der Waals surface area (Å²) in [7, 11) is 1.58. The number of carbonyl (C=O) groups excluding carboxylic acids is 3. The number of benzene rings is 2. The van der Waals surface area contributed by atoms with Crippen molar-refractivity contribution in [3.8, 4) is 17.2 Å². The topological polar surface area (TPSA) is 121 Å². The van der Waals surface area contributed by atoms with Crippen LogP contribution < -0.4 is 19.7 Å². The van der Waals surface area contributed by atoms with Crippen LogP contribution in [0.5, 0.6) is 17.2 Å². The molecule has 0 unspecified atom stereocenters. The smallest absolute Gasteiger partial charge is 0.435 e. The Morgan fingerprint density at radius 3 is 2.36 bits per heavy atom. The third-order valence-corrected chi connectivity index (χ3v) is 6.19. The minimum absolute atomic E-state index is 0.00261. The van der Waals surface area contributed by atoms with E-state index in [1.807, 2.05) is 19.1 Å². The molecule has 1 heterocycles. The number of ether oxygens (including phenoxy) is 4. The largest absolute Gasteiger partial charge is 0.488 e. The average Bonchev–Trinajstić information content (AvgIpc) is 3.61. The Balaban J connectivity index is 1.52. The molecule has 1 fully saturated rings. The van der Waals surface area contributed by atoms with E-state index in [9.17, 15) is 14.4 Å². The highest BCUT2D eigenvalue weighted by atomic mass is 16.6. The Bertz CT molecular complexity index is 1410. The molecule has 1 atom stereocenters. The van der Waals surface area contributed by atoms with E-state index in [1.165, 1.54) is 12.3 Å². The lowest BCUT2D eigenvalue weighted by Crippen LogP contribution is -2.30. The van der Waals surface area contributed by atoms with E-state index in [0.717, 1.165) is 23.2 Å². The Morgan fingerprint density at radius 2 is 1.74 bits per heavy atom. The Kier molecular flexibility index (Phi) is 9.52. The van der Waals surface area contributed by atoms with Crippen molar-refractivity contribution in [1.82, 2.24) is 9.78 Å². The van der Waals surface area contributed by atoms with Crippen LogP contribution in [0.2, 0.25) is 0 Å². The van der Waals surface area contributed by atoms with Gasteiger partial charge < -0.3 is 29.2 Å². The van der Waals surface area contributed by atoms with Crippen LogP contribution >= 0.6 is 0 Å². The lowest BCUT2D eigenvalue weighted by molar-refractivity contribution is -0.116. The van der Waals surface area contributed by atoms with Crippen molar-refractivity contribution in [1.29, 1.82) is 0 Å². The molecular weight excluding hydrogens is 540 g/mol.